The highest BCUT2D eigenvalue weighted by Gasteiger charge is 2.20. The van der Waals surface area contributed by atoms with Crippen LogP contribution in [0.3, 0.4) is 0 Å². The molecule has 2 N–H and O–H groups in total. The summed E-state index contributed by atoms with van der Waals surface area (Å²) in [6, 6.07) is 19.2. The van der Waals surface area contributed by atoms with Gasteiger partial charge in [-0.3, -0.25) is 4.79 Å². The normalized spacial score (nSPS) is 11.9. The summed E-state index contributed by atoms with van der Waals surface area (Å²) in [6.07, 6.45) is 0. The van der Waals surface area contributed by atoms with Crippen LogP contribution in [0.15, 0.2) is 71.5 Å². The van der Waals surface area contributed by atoms with Gasteiger partial charge in [0.2, 0.25) is 6.79 Å². The molecule has 0 bridgehead atoms. The molecule has 9 heteroatoms. The molecule has 0 radical (unpaired) electrons. The van der Waals surface area contributed by atoms with Gasteiger partial charge in [0.1, 0.15) is 5.75 Å². The van der Waals surface area contributed by atoms with E-state index in [2.05, 4.69) is 10.3 Å². The number of hydrogen-bond donors (Lipinski definition) is 2. The summed E-state index contributed by atoms with van der Waals surface area (Å²) >= 11 is 6.07. The number of anilines is 1. The third-order valence-electron chi connectivity index (χ3n) is 5.66. The molecule has 1 aliphatic heterocycles. The zero-order chi connectivity index (χ0) is 24.4. The lowest BCUT2D eigenvalue weighted by atomic mass is 10.1. The lowest BCUT2D eigenvalue weighted by Gasteiger charge is -2.23. The summed E-state index contributed by atoms with van der Waals surface area (Å²) in [7, 11) is 1.57. The average Bonchev–Trinajstić information content (AvgIpc) is 3.31. The van der Waals surface area contributed by atoms with Crippen molar-refractivity contribution in [3.63, 3.8) is 0 Å². The summed E-state index contributed by atoms with van der Waals surface area (Å²) in [5, 5.41) is 4.20. The molecule has 0 aliphatic carbocycles. The first kappa shape index (κ1) is 22.6. The van der Waals surface area contributed by atoms with Crippen LogP contribution in [-0.2, 0) is 13.1 Å². The molecule has 0 saturated heterocycles. The van der Waals surface area contributed by atoms with Crippen molar-refractivity contribution in [3.8, 4) is 17.2 Å². The quantitative estimate of drug-likeness (QED) is 0.389. The Balaban J connectivity index is 1.46. The van der Waals surface area contributed by atoms with E-state index < -0.39 is 0 Å². The van der Waals surface area contributed by atoms with Gasteiger partial charge in [-0.15, -0.1) is 0 Å². The molecule has 5 rings (SSSR count). The maximum atomic E-state index is 13.3. The van der Waals surface area contributed by atoms with Crippen LogP contribution in [0, 0.1) is 0 Å². The second kappa shape index (κ2) is 9.60. The number of pyridine rings is 1. The van der Waals surface area contributed by atoms with E-state index in [4.69, 9.17) is 25.8 Å². The second-order valence-electron chi connectivity index (χ2n) is 8.06. The number of urea groups is 1. The van der Waals surface area contributed by atoms with Crippen molar-refractivity contribution >= 4 is 34.2 Å². The highest BCUT2D eigenvalue weighted by molar-refractivity contribution is 6.30. The topological polar surface area (TPSA) is 92.9 Å². The molecule has 1 aliphatic rings. The number of methoxy groups -OCH3 is 1. The highest BCUT2D eigenvalue weighted by Crippen LogP contribution is 2.33. The fourth-order valence-electron chi connectivity index (χ4n) is 3.90. The van der Waals surface area contributed by atoms with Crippen molar-refractivity contribution in [3.05, 3.63) is 93.2 Å². The number of rotatable bonds is 6. The Morgan fingerprint density at radius 3 is 2.74 bits per heavy atom. The van der Waals surface area contributed by atoms with Gasteiger partial charge < -0.3 is 29.4 Å². The Bertz CT molecular complexity index is 1470. The van der Waals surface area contributed by atoms with Crippen LogP contribution < -0.4 is 25.1 Å². The van der Waals surface area contributed by atoms with Crippen molar-refractivity contribution in [1.29, 1.82) is 0 Å². The van der Waals surface area contributed by atoms with Crippen molar-refractivity contribution in [1.82, 2.24) is 9.88 Å². The predicted molar refractivity (Wildman–Crippen MR) is 133 cm³/mol. The number of aromatic nitrogens is 1. The molecule has 4 aromatic rings. The SMILES string of the molecule is COc1ccc2cc(CN(Cc3ccc4c(c3)OCO4)C(=O)Nc3cccc(Cl)c3)c(=O)[nH]c2c1. The first-order valence-electron chi connectivity index (χ1n) is 10.9. The van der Waals surface area contributed by atoms with E-state index in [1.807, 2.05) is 24.3 Å². The molecule has 35 heavy (non-hydrogen) atoms. The molecule has 0 fully saturated rings. The number of carbonyl (C=O) groups is 1. The molecule has 2 heterocycles. The van der Waals surface area contributed by atoms with Crippen LogP contribution in [0.5, 0.6) is 17.2 Å². The summed E-state index contributed by atoms with van der Waals surface area (Å²) in [5.41, 5.74) is 2.21. The van der Waals surface area contributed by atoms with Crippen molar-refractivity contribution < 1.29 is 19.0 Å². The predicted octanol–water partition coefficient (Wildman–Crippen LogP) is 5.15. The van der Waals surface area contributed by atoms with Crippen molar-refractivity contribution in [2.45, 2.75) is 13.1 Å². The van der Waals surface area contributed by atoms with Gasteiger partial charge >= 0.3 is 6.03 Å². The minimum absolute atomic E-state index is 0.0815. The van der Waals surface area contributed by atoms with E-state index in [9.17, 15) is 9.59 Å². The van der Waals surface area contributed by atoms with E-state index >= 15 is 0 Å². The van der Waals surface area contributed by atoms with Crippen LogP contribution in [0.4, 0.5) is 10.5 Å². The summed E-state index contributed by atoms with van der Waals surface area (Å²) < 4.78 is 16.1. The minimum Gasteiger partial charge on any atom is -0.497 e. The fraction of sp³-hybridized carbons (Fsp3) is 0.154. The number of aromatic amines is 1. The zero-order valence-electron chi connectivity index (χ0n) is 18.8. The van der Waals surface area contributed by atoms with E-state index in [1.54, 1.807) is 54.5 Å². The van der Waals surface area contributed by atoms with Crippen molar-refractivity contribution in [2.24, 2.45) is 0 Å². The molecule has 0 spiro atoms. The van der Waals surface area contributed by atoms with E-state index in [0.717, 1.165) is 10.9 Å². The summed E-state index contributed by atoms with van der Waals surface area (Å²) in [4.78, 5) is 30.6. The van der Waals surface area contributed by atoms with Crippen LogP contribution in [0.1, 0.15) is 11.1 Å². The molecule has 178 valence electrons. The number of nitrogens with one attached hydrogen (secondary N) is 2. The number of hydrogen-bond acceptors (Lipinski definition) is 5. The van der Waals surface area contributed by atoms with E-state index in [-0.39, 0.29) is 31.5 Å². The molecule has 3 aromatic carbocycles. The molecule has 0 atom stereocenters. The van der Waals surface area contributed by atoms with Crippen LogP contribution >= 0.6 is 11.6 Å². The summed E-state index contributed by atoms with van der Waals surface area (Å²) in [6.45, 7) is 0.482. The second-order valence-corrected chi connectivity index (χ2v) is 8.50. The molecule has 0 saturated carbocycles. The molecule has 2 amide bonds. The molecule has 8 nitrogen and oxygen atoms in total. The van der Waals surface area contributed by atoms with Gasteiger partial charge in [0.15, 0.2) is 11.5 Å². The Labute approximate surface area is 206 Å². The van der Waals surface area contributed by atoms with Gasteiger partial charge in [0, 0.05) is 28.9 Å². The molecular weight excluding hydrogens is 470 g/mol. The number of carbonyl (C=O) groups excluding carboxylic acids is 1. The molecule has 0 unspecified atom stereocenters. The Morgan fingerprint density at radius 2 is 1.91 bits per heavy atom. The van der Waals surface area contributed by atoms with Gasteiger partial charge in [-0.1, -0.05) is 23.7 Å². The van der Waals surface area contributed by atoms with Crippen LogP contribution in [0.25, 0.3) is 10.9 Å². The van der Waals surface area contributed by atoms with Gasteiger partial charge in [-0.2, -0.15) is 0 Å². The number of nitrogens with zero attached hydrogens (tertiary/aromatic N) is 1. The van der Waals surface area contributed by atoms with Gasteiger partial charge in [0.05, 0.1) is 19.2 Å². The highest BCUT2D eigenvalue weighted by atomic mass is 35.5. The van der Waals surface area contributed by atoms with Gasteiger partial charge in [-0.05, 0) is 59.5 Å². The largest absolute Gasteiger partial charge is 0.497 e. The number of benzene rings is 3. The maximum Gasteiger partial charge on any atom is 0.322 e. The number of H-pyrrole nitrogens is 1. The molecule has 1 aromatic heterocycles. The number of ether oxygens (including phenoxy) is 3. The van der Waals surface area contributed by atoms with E-state index in [0.29, 0.717) is 39.0 Å². The average molecular weight is 492 g/mol. The first-order valence-corrected chi connectivity index (χ1v) is 11.3. The third kappa shape index (κ3) is 5.02. The van der Waals surface area contributed by atoms with E-state index in [1.165, 1.54) is 0 Å². The Kier molecular flexibility index (Phi) is 6.20. The van der Waals surface area contributed by atoms with Crippen LogP contribution in [0.2, 0.25) is 5.02 Å². The zero-order valence-corrected chi connectivity index (χ0v) is 19.6. The minimum atomic E-state index is -0.376. The monoisotopic (exact) mass is 491 g/mol. The lowest BCUT2D eigenvalue weighted by Crippen LogP contribution is -2.35. The lowest BCUT2D eigenvalue weighted by molar-refractivity contribution is 0.174. The number of halogens is 1. The maximum absolute atomic E-state index is 13.3. The first-order chi connectivity index (χ1) is 17.0. The third-order valence-corrected chi connectivity index (χ3v) is 5.90. The number of amides is 2. The Morgan fingerprint density at radius 1 is 1.06 bits per heavy atom. The fourth-order valence-corrected chi connectivity index (χ4v) is 4.09. The standard InChI is InChI=1S/C26H22ClN3O5/c1-33-21-7-6-17-10-18(25(31)29-22(17)12-21)14-30(26(32)28-20-4-2-3-19(27)11-20)13-16-5-8-23-24(9-16)35-15-34-23/h2-12H,13-15H2,1H3,(H,28,32)(H,29,31). The van der Waals surface area contributed by atoms with Crippen LogP contribution in [-0.4, -0.2) is 29.8 Å². The number of fused-ring (bicyclic) bond motifs is 2. The van der Waals surface area contributed by atoms with Crippen molar-refractivity contribution in [2.75, 3.05) is 19.2 Å². The van der Waals surface area contributed by atoms with Gasteiger partial charge in [0.25, 0.3) is 5.56 Å². The smallest absolute Gasteiger partial charge is 0.322 e. The Hall–Kier alpha value is -4.17. The summed E-state index contributed by atoms with van der Waals surface area (Å²) in [5.74, 6) is 1.92. The molecular formula is C26H22ClN3O5. The van der Waals surface area contributed by atoms with Gasteiger partial charge in [-0.25, -0.2) is 4.79 Å².